The van der Waals surface area contributed by atoms with Crippen LogP contribution in [0, 0.1) is 11.6 Å². The molecule has 3 N–H and O–H groups in total. The summed E-state index contributed by atoms with van der Waals surface area (Å²) >= 11 is 1.31. The SMILES string of the molecule is O=C(O)c1cc(NC(=O)c2c(F)cccc2F)ccc1-c1cc(-c2cccnc2)sc1CO. The third-order valence-electron chi connectivity index (χ3n) is 4.89. The van der Waals surface area contributed by atoms with E-state index in [4.69, 9.17) is 0 Å². The van der Waals surface area contributed by atoms with Crippen molar-refractivity contribution in [1.29, 1.82) is 0 Å². The number of carboxylic acids is 1. The Morgan fingerprint density at radius 1 is 1.00 bits per heavy atom. The van der Waals surface area contributed by atoms with Crippen LogP contribution in [0.4, 0.5) is 14.5 Å². The van der Waals surface area contributed by atoms with Gasteiger partial charge in [0.25, 0.3) is 5.91 Å². The molecule has 0 spiro atoms. The second-order valence-corrected chi connectivity index (χ2v) is 8.10. The number of aliphatic hydroxyl groups is 1. The maximum Gasteiger partial charge on any atom is 0.336 e. The number of thiophene rings is 1. The third-order valence-corrected chi connectivity index (χ3v) is 6.06. The van der Waals surface area contributed by atoms with Gasteiger partial charge in [0.05, 0.1) is 12.2 Å². The van der Waals surface area contributed by atoms with Gasteiger partial charge in [0.2, 0.25) is 0 Å². The Morgan fingerprint density at radius 3 is 2.39 bits per heavy atom. The lowest BCUT2D eigenvalue weighted by atomic mass is 9.98. The summed E-state index contributed by atoms with van der Waals surface area (Å²) in [7, 11) is 0. The van der Waals surface area contributed by atoms with Crippen molar-refractivity contribution in [2.75, 3.05) is 5.32 Å². The molecule has 2 aromatic heterocycles. The molecule has 0 bridgehead atoms. The number of halogens is 2. The molecule has 33 heavy (non-hydrogen) atoms. The van der Waals surface area contributed by atoms with Crippen molar-refractivity contribution in [3.63, 3.8) is 0 Å². The molecule has 9 heteroatoms. The van der Waals surface area contributed by atoms with Gasteiger partial charge in [-0.15, -0.1) is 11.3 Å². The van der Waals surface area contributed by atoms with E-state index >= 15 is 0 Å². The number of hydrogen-bond donors (Lipinski definition) is 3. The van der Waals surface area contributed by atoms with Crippen LogP contribution in [0.25, 0.3) is 21.6 Å². The summed E-state index contributed by atoms with van der Waals surface area (Å²) in [5, 5.41) is 22.0. The van der Waals surface area contributed by atoms with Gasteiger partial charge in [0, 0.05) is 33.4 Å². The van der Waals surface area contributed by atoms with E-state index in [2.05, 4.69) is 10.3 Å². The lowest BCUT2D eigenvalue weighted by Gasteiger charge is -2.11. The minimum absolute atomic E-state index is 0.0528. The van der Waals surface area contributed by atoms with E-state index in [0.717, 1.165) is 28.6 Å². The smallest absolute Gasteiger partial charge is 0.336 e. The van der Waals surface area contributed by atoms with Gasteiger partial charge in [0.15, 0.2) is 0 Å². The number of aromatic nitrogens is 1. The van der Waals surface area contributed by atoms with Crippen molar-refractivity contribution in [2.45, 2.75) is 6.61 Å². The van der Waals surface area contributed by atoms with Gasteiger partial charge >= 0.3 is 5.97 Å². The van der Waals surface area contributed by atoms with Gasteiger partial charge in [-0.05, 0) is 47.5 Å². The highest BCUT2D eigenvalue weighted by molar-refractivity contribution is 7.16. The quantitative estimate of drug-likeness (QED) is 0.363. The Hall–Kier alpha value is -3.95. The number of hydrogen-bond acceptors (Lipinski definition) is 5. The first-order valence-electron chi connectivity index (χ1n) is 9.66. The monoisotopic (exact) mass is 466 g/mol. The lowest BCUT2D eigenvalue weighted by molar-refractivity contribution is 0.0697. The van der Waals surface area contributed by atoms with Crippen LogP contribution >= 0.6 is 11.3 Å². The summed E-state index contributed by atoms with van der Waals surface area (Å²) < 4.78 is 27.8. The maximum atomic E-state index is 13.9. The first-order valence-corrected chi connectivity index (χ1v) is 10.5. The summed E-state index contributed by atoms with van der Waals surface area (Å²) in [6.07, 6.45) is 3.29. The van der Waals surface area contributed by atoms with Gasteiger partial charge in [-0.3, -0.25) is 9.78 Å². The zero-order valence-electron chi connectivity index (χ0n) is 16.9. The summed E-state index contributed by atoms with van der Waals surface area (Å²) in [6.45, 7) is -0.301. The highest BCUT2D eigenvalue weighted by atomic mass is 32.1. The molecule has 1 amide bonds. The molecule has 0 aliphatic rings. The molecule has 0 saturated heterocycles. The molecule has 2 aromatic carbocycles. The minimum atomic E-state index is -1.27. The third kappa shape index (κ3) is 4.50. The van der Waals surface area contributed by atoms with Gasteiger partial charge in [-0.25, -0.2) is 13.6 Å². The van der Waals surface area contributed by atoms with Gasteiger partial charge in [-0.1, -0.05) is 18.2 Å². The van der Waals surface area contributed by atoms with Crippen molar-refractivity contribution in [2.24, 2.45) is 0 Å². The van der Waals surface area contributed by atoms with Crippen LogP contribution in [-0.4, -0.2) is 27.1 Å². The topological polar surface area (TPSA) is 99.5 Å². The molecular formula is C24H16F2N2O4S. The Kier molecular flexibility index (Phi) is 6.25. The summed E-state index contributed by atoms with van der Waals surface area (Å²) in [4.78, 5) is 29.8. The van der Waals surface area contributed by atoms with Crippen LogP contribution in [0.5, 0.6) is 0 Å². The van der Waals surface area contributed by atoms with Crippen LogP contribution in [0.2, 0.25) is 0 Å². The number of nitrogens with zero attached hydrogens (tertiary/aromatic N) is 1. The summed E-state index contributed by atoms with van der Waals surface area (Å²) in [5.41, 5.74) is 0.810. The molecule has 4 rings (SSSR count). The largest absolute Gasteiger partial charge is 0.478 e. The number of amides is 1. The van der Waals surface area contributed by atoms with Crippen LogP contribution < -0.4 is 5.32 Å². The summed E-state index contributed by atoms with van der Waals surface area (Å²) in [6, 6.07) is 12.5. The molecule has 6 nitrogen and oxygen atoms in total. The van der Waals surface area contributed by atoms with Gasteiger partial charge in [-0.2, -0.15) is 0 Å². The zero-order chi connectivity index (χ0) is 23.5. The first-order chi connectivity index (χ1) is 15.9. The van der Waals surface area contributed by atoms with Crippen molar-refractivity contribution in [1.82, 2.24) is 4.98 Å². The van der Waals surface area contributed by atoms with E-state index in [1.54, 1.807) is 24.5 Å². The average Bonchev–Trinajstić information content (AvgIpc) is 3.24. The lowest BCUT2D eigenvalue weighted by Crippen LogP contribution is -2.16. The molecule has 0 atom stereocenters. The molecule has 0 fully saturated rings. The fraction of sp³-hybridized carbons (Fsp3) is 0.0417. The molecule has 4 aromatic rings. The second kappa shape index (κ2) is 9.27. The molecule has 0 aliphatic carbocycles. The molecule has 0 aliphatic heterocycles. The van der Waals surface area contributed by atoms with Crippen molar-refractivity contribution in [3.8, 4) is 21.6 Å². The number of aromatic carboxylic acids is 1. The average molecular weight is 466 g/mol. The van der Waals surface area contributed by atoms with Crippen LogP contribution in [0.1, 0.15) is 25.6 Å². The van der Waals surface area contributed by atoms with E-state index in [1.165, 1.54) is 29.5 Å². The first kappa shape index (κ1) is 22.3. The molecule has 2 heterocycles. The predicted octanol–water partition coefficient (Wildman–Crippen LogP) is 5.20. The molecule has 0 saturated carbocycles. The number of benzene rings is 2. The Morgan fingerprint density at radius 2 is 1.76 bits per heavy atom. The number of carbonyl (C=O) groups is 2. The minimum Gasteiger partial charge on any atom is -0.478 e. The van der Waals surface area contributed by atoms with E-state index in [1.807, 2.05) is 6.07 Å². The number of anilines is 1. The fourth-order valence-electron chi connectivity index (χ4n) is 3.37. The number of pyridine rings is 1. The standard InChI is InChI=1S/C24H16F2N2O4S/c25-18-4-1-5-19(26)22(18)23(30)28-14-6-7-15(17(9-14)24(31)32)16-10-20(33-21(16)12-29)13-3-2-8-27-11-13/h1-11,29H,12H2,(H,28,30)(H,31,32). The Labute approximate surface area is 190 Å². The molecule has 0 radical (unpaired) electrons. The molecule has 166 valence electrons. The van der Waals surface area contributed by atoms with Crippen molar-refractivity contribution in [3.05, 3.63) is 94.6 Å². The van der Waals surface area contributed by atoms with Crippen molar-refractivity contribution < 1.29 is 28.6 Å². The number of carbonyl (C=O) groups excluding carboxylic acids is 1. The van der Waals surface area contributed by atoms with Crippen LogP contribution in [0.3, 0.4) is 0 Å². The van der Waals surface area contributed by atoms with E-state index in [-0.39, 0.29) is 17.9 Å². The van der Waals surface area contributed by atoms with E-state index < -0.39 is 29.1 Å². The highest BCUT2D eigenvalue weighted by Gasteiger charge is 2.21. The number of carboxylic acid groups (broad SMARTS) is 1. The second-order valence-electron chi connectivity index (χ2n) is 6.96. The van der Waals surface area contributed by atoms with Gasteiger partial charge < -0.3 is 15.5 Å². The Balaban J connectivity index is 1.72. The Bertz CT molecular complexity index is 1340. The van der Waals surface area contributed by atoms with Crippen molar-refractivity contribution >= 4 is 28.9 Å². The number of aliphatic hydroxyl groups excluding tert-OH is 1. The van der Waals surface area contributed by atoms with Gasteiger partial charge in [0.1, 0.15) is 17.2 Å². The van der Waals surface area contributed by atoms with E-state index in [9.17, 15) is 28.6 Å². The predicted molar refractivity (Wildman–Crippen MR) is 120 cm³/mol. The summed E-state index contributed by atoms with van der Waals surface area (Å²) in [5.74, 6) is -4.37. The number of nitrogens with one attached hydrogen (secondary N) is 1. The maximum absolute atomic E-state index is 13.9. The highest BCUT2D eigenvalue weighted by Crippen LogP contribution is 2.39. The van der Waals surface area contributed by atoms with Crippen LogP contribution in [-0.2, 0) is 6.61 Å². The van der Waals surface area contributed by atoms with Crippen LogP contribution in [0.15, 0.2) is 67.0 Å². The van der Waals surface area contributed by atoms with E-state index in [0.29, 0.717) is 16.0 Å². The normalized spacial score (nSPS) is 10.8. The molecule has 0 unspecified atom stereocenters. The zero-order valence-corrected chi connectivity index (χ0v) is 17.7. The molecular weight excluding hydrogens is 450 g/mol. The number of rotatable bonds is 6. The fourth-order valence-corrected chi connectivity index (χ4v) is 4.39.